The van der Waals surface area contributed by atoms with E-state index in [0.717, 1.165) is 29.8 Å². The zero-order valence-electron chi connectivity index (χ0n) is 14.4. The molecule has 1 saturated heterocycles. The summed E-state index contributed by atoms with van der Waals surface area (Å²) in [5, 5.41) is 0.652. The van der Waals surface area contributed by atoms with Crippen molar-refractivity contribution in [1.82, 2.24) is 19.4 Å². The molecule has 0 bridgehead atoms. The highest BCUT2D eigenvalue weighted by Crippen LogP contribution is 2.25. The molecule has 4 rings (SSSR count). The summed E-state index contributed by atoms with van der Waals surface area (Å²) in [5.74, 6) is 0.184. The lowest BCUT2D eigenvalue weighted by Crippen LogP contribution is -2.49. The second kappa shape index (κ2) is 7.33. The molecule has 2 aromatic heterocycles. The van der Waals surface area contributed by atoms with Crippen molar-refractivity contribution in [2.45, 2.75) is 13.0 Å². The van der Waals surface area contributed by atoms with Crippen LogP contribution in [0.1, 0.15) is 6.42 Å². The van der Waals surface area contributed by atoms with Gasteiger partial charge in [0.05, 0.1) is 28.1 Å². The molecule has 0 saturated carbocycles. The number of halogens is 1. The van der Waals surface area contributed by atoms with Crippen LogP contribution in [-0.4, -0.2) is 51.5 Å². The standard InChI is InChI=1S/C19H20ClN5O/c20-15-13-21-7-5-17(15)23-9-11-24(12-10-23)19(26)6-8-25-14-22-16-3-1-2-4-18(16)25/h1-5,7,13-14H,6,8-12H2. The average Bonchev–Trinajstić information content (AvgIpc) is 3.10. The number of para-hydroxylation sites is 2. The maximum absolute atomic E-state index is 12.6. The molecule has 6 nitrogen and oxygen atoms in total. The van der Waals surface area contributed by atoms with Gasteiger partial charge < -0.3 is 14.4 Å². The Labute approximate surface area is 157 Å². The van der Waals surface area contributed by atoms with Crippen molar-refractivity contribution in [2.75, 3.05) is 31.1 Å². The number of rotatable bonds is 4. The Morgan fingerprint density at radius 2 is 1.92 bits per heavy atom. The van der Waals surface area contributed by atoms with Crippen LogP contribution >= 0.6 is 11.6 Å². The fraction of sp³-hybridized carbons (Fsp3) is 0.316. The molecular formula is C19H20ClN5O. The fourth-order valence-corrected chi connectivity index (χ4v) is 3.62. The van der Waals surface area contributed by atoms with Crippen LogP contribution in [0.5, 0.6) is 0 Å². The number of fused-ring (bicyclic) bond motifs is 1. The zero-order chi connectivity index (χ0) is 17.9. The number of pyridine rings is 1. The van der Waals surface area contributed by atoms with Crippen molar-refractivity contribution in [3.05, 3.63) is 54.1 Å². The summed E-state index contributed by atoms with van der Waals surface area (Å²) in [7, 11) is 0. The molecule has 0 atom stereocenters. The van der Waals surface area contributed by atoms with Crippen LogP contribution in [0.2, 0.25) is 5.02 Å². The van der Waals surface area contributed by atoms with Gasteiger partial charge in [-0.1, -0.05) is 23.7 Å². The number of benzene rings is 1. The number of aromatic nitrogens is 3. The average molecular weight is 370 g/mol. The molecule has 1 aliphatic rings. The number of nitrogens with zero attached hydrogens (tertiary/aromatic N) is 5. The SMILES string of the molecule is O=C(CCn1cnc2ccccc21)N1CCN(c2ccncc2Cl)CC1. The first-order valence-corrected chi connectivity index (χ1v) is 9.12. The van der Waals surface area contributed by atoms with Gasteiger partial charge >= 0.3 is 0 Å². The minimum Gasteiger partial charge on any atom is -0.367 e. The monoisotopic (exact) mass is 369 g/mol. The number of aryl methyl sites for hydroxylation is 1. The van der Waals surface area contributed by atoms with Gasteiger partial charge in [0.25, 0.3) is 0 Å². The second-order valence-corrected chi connectivity index (χ2v) is 6.78. The van der Waals surface area contributed by atoms with Gasteiger partial charge in [-0.3, -0.25) is 9.78 Å². The van der Waals surface area contributed by atoms with Gasteiger partial charge in [0.15, 0.2) is 0 Å². The predicted molar refractivity (Wildman–Crippen MR) is 102 cm³/mol. The maximum atomic E-state index is 12.6. The first-order chi connectivity index (χ1) is 12.7. The van der Waals surface area contributed by atoms with Gasteiger partial charge in [0.2, 0.25) is 5.91 Å². The Morgan fingerprint density at radius 1 is 1.12 bits per heavy atom. The molecule has 0 unspecified atom stereocenters. The number of carbonyl (C=O) groups excluding carboxylic acids is 1. The van der Waals surface area contributed by atoms with E-state index in [1.165, 1.54) is 0 Å². The largest absolute Gasteiger partial charge is 0.367 e. The van der Waals surface area contributed by atoms with Crippen LogP contribution in [0.4, 0.5) is 5.69 Å². The van der Waals surface area contributed by atoms with Crippen LogP contribution < -0.4 is 4.90 Å². The van der Waals surface area contributed by atoms with Crippen molar-refractivity contribution in [3.63, 3.8) is 0 Å². The summed E-state index contributed by atoms with van der Waals surface area (Å²) in [6.07, 6.45) is 5.69. The highest BCUT2D eigenvalue weighted by Gasteiger charge is 2.22. The molecule has 26 heavy (non-hydrogen) atoms. The first-order valence-electron chi connectivity index (χ1n) is 8.74. The summed E-state index contributed by atoms with van der Waals surface area (Å²) in [5.41, 5.74) is 3.01. The zero-order valence-corrected chi connectivity index (χ0v) is 15.1. The van der Waals surface area contributed by atoms with E-state index in [2.05, 4.69) is 14.9 Å². The van der Waals surface area contributed by atoms with E-state index in [-0.39, 0.29) is 5.91 Å². The Hall–Kier alpha value is -2.60. The highest BCUT2D eigenvalue weighted by molar-refractivity contribution is 6.33. The Kier molecular flexibility index (Phi) is 4.75. The molecule has 0 aliphatic carbocycles. The quantitative estimate of drug-likeness (QED) is 0.709. The van der Waals surface area contributed by atoms with Crippen molar-refractivity contribution in [1.29, 1.82) is 0 Å². The molecule has 134 valence electrons. The number of piperazine rings is 1. The minimum atomic E-state index is 0.184. The lowest BCUT2D eigenvalue weighted by atomic mass is 10.2. The van der Waals surface area contributed by atoms with Crippen LogP contribution in [0.3, 0.4) is 0 Å². The smallest absolute Gasteiger partial charge is 0.224 e. The van der Waals surface area contributed by atoms with E-state index >= 15 is 0 Å². The van der Waals surface area contributed by atoms with E-state index in [1.54, 1.807) is 18.7 Å². The molecule has 7 heteroatoms. The molecule has 3 aromatic rings. The predicted octanol–water partition coefficient (Wildman–Crippen LogP) is 2.82. The van der Waals surface area contributed by atoms with E-state index in [4.69, 9.17) is 11.6 Å². The Bertz CT molecular complexity index is 917. The van der Waals surface area contributed by atoms with E-state index in [0.29, 0.717) is 31.1 Å². The molecule has 0 N–H and O–H groups in total. The second-order valence-electron chi connectivity index (χ2n) is 6.37. The van der Waals surface area contributed by atoms with E-state index in [1.807, 2.05) is 39.8 Å². The topological polar surface area (TPSA) is 54.3 Å². The van der Waals surface area contributed by atoms with Gasteiger partial charge in [-0.15, -0.1) is 0 Å². The van der Waals surface area contributed by atoms with Crippen LogP contribution in [0, 0.1) is 0 Å². The van der Waals surface area contributed by atoms with E-state index < -0.39 is 0 Å². The summed E-state index contributed by atoms with van der Waals surface area (Å²) in [4.78, 5) is 25.1. The summed E-state index contributed by atoms with van der Waals surface area (Å²) < 4.78 is 2.04. The number of imidazole rings is 1. The third-order valence-corrected chi connectivity index (χ3v) is 5.11. The first kappa shape index (κ1) is 16.8. The third-order valence-electron chi connectivity index (χ3n) is 4.82. The number of carbonyl (C=O) groups is 1. The number of hydrogen-bond acceptors (Lipinski definition) is 4. The van der Waals surface area contributed by atoms with Crippen molar-refractivity contribution < 1.29 is 4.79 Å². The van der Waals surface area contributed by atoms with E-state index in [9.17, 15) is 4.79 Å². The lowest BCUT2D eigenvalue weighted by molar-refractivity contribution is -0.131. The van der Waals surface area contributed by atoms with Crippen LogP contribution in [0.15, 0.2) is 49.1 Å². The molecule has 1 amide bonds. The van der Waals surface area contributed by atoms with Crippen molar-refractivity contribution >= 4 is 34.2 Å². The van der Waals surface area contributed by atoms with Gasteiger partial charge in [-0.05, 0) is 18.2 Å². The number of anilines is 1. The molecular weight excluding hydrogens is 350 g/mol. The molecule has 0 spiro atoms. The molecule has 1 aromatic carbocycles. The molecule has 0 radical (unpaired) electrons. The maximum Gasteiger partial charge on any atom is 0.224 e. The molecule has 1 fully saturated rings. The van der Waals surface area contributed by atoms with Gasteiger partial charge in [0, 0.05) is 51.5 Å². The summed E-state index contributed by atoms with van der Waals surface area (Å²) in [6, 6.07) is 9.90. The summed E-state index contributed by atoms with van der Waals surface area (Å²) >= 11 is 6.22. The van der Waals surface area contributed by atoms with Crippen molar-refractivity contribution in [3.8, 4) is 0 Å². The van der Waals surface area contributed by atoms with Gasteiger partial charge in [-0.2, -0.15) is 0 Å². The Balaban J connectivity index is 1.33. The number of amides is 1. The third kappa shape index (κ3) is 3.37. The van der Waals surface area contributed by atoms with Gasteiger partial charge in [0.1, 0.15) is 0 Å². The highest BCUT2D eigenvalue weighted by atomic mass is 35.5. The molecule has 3 heterocycles. The van der Waals surface area contributed by atoms with Crippen molar-refractivity contribution in [2.24, 2.45) is 0 Å². The normalized spacial score (nSPS) is 14.8. The minimum absolute atomic E-state index is 0.184. The fourth-order valence-electron chi connectivity index (χ4n) is 3.38. The lowest BCUT2D eigenvalue weighted by Gasteiger charge is -2.36. The summed E-state index contributed by atoms with van der Waals surface area (Å²) in [6.45, 7) is 3.63. The molecule has 1 aliphatic heterocycles. The number of hydrogen-bond donors (Lipinski definition) is 0. The van der Waals surface area contributed by atoms with Crippen LogP contribution in [0.25, 0.3) is 11.0 Å². The van der Waals surface area contributed by atoms with Crippen LogP contribution in [-0.2, 0) is 11.3 Å². The Morgan fingerprint density at radius 3 is 2.73 bits per heavy atom. The van der Waals surface area contributed by atoms with Gasteiger partial charge in [-0.25, -0.2) is 4.98 Å².